The quantitative estimate of drug-likeness (QED) is 0.349. The minimum absolute atomic E-state index is 0.292. The van der Waals surface area contributed by atoms with E-state index in [9.17, 15) is 20.1 Å². The summed E-state index contributed by atoms with van der Waals surface area (Å²) in [5.74, 6) is -0.797. The molecule has 6 nitrogen and oxygen atoms in total. The van der Waals surface area contributed by atoms with Crippen LogP contribution in [-0.2, 0) is 0 Å². The lowest BCUT2D eigenvalue weighted by Crippen LogP contribution is -2.29. The summed E-state index contributed by atoms with van der Waals surface area (Å²) in [5.41, 5.74) is 3.87. The number of fused-ring (bicyclic) bond motifs is 4. The van der Waals surface area contributed by atoms with Crippen LogP contribution in [0.15, 0.2) is 84.9 Å². The molecular formula is C28H14N4O2. The average molecular weight is 438 g/mol. The summed E-state index contributed by atoms with van der Waals surface area (Å²) in [4.78, 5) is 28.1. The van der Waals surface area contributed by atoms with Crippen molar-refractivity contribution in [1.29, 1.82) is 10.5 Å². The second-order valence-electron chi connectivity index (χ2n) is 7.94. The number of rotatable bonds is 2. The fourth-order valence-corrected chi connectivity index (χ4v) is 4.82. The highest BCUT2D eigenvalue weighted by Crippen LogP contribution is 2.39. The van der Waals surface area contributed by atoms with E-state index >= 15 is 0 Å². The summed E-state index contributed by atoms with van der Waals surface area (Å²) in [6.45, 7) is 0. The van der Waals surface area contributed by atoms with E-state index in [1.165, 1.54) is 4.90 Å². The van der Waals surface area contributed by atoms with E-state index in [4.69, 9.17) is 0 Å². The number of amides is 2. The molecule has 0 spiro atoms. The predicted octanol–water partition coefficient (Wildman–Crippen LogP) is 5.33. The van der Waals surface area contributed by atoms with Crippen molar-refractivity contribution in [3.8, 4) is 17.8 Å². The van der Waals surface area contributed by atoms with E-state index in [1.54, 1.807) is 66.7 Å². The van der Waals surface area contributed by atoms with Crippen molar-refractivity contribution in [2.75, 3.05) is 4.90 Å². The standard InChI is InChI=1S/C28H14N4O2/c29-15-17-7-4-12-21-24(17)25-18(16-30)8-5-13-22(25)32(21)23-14-6-11-20-26(23)28(34)31(27(20)33)19-9-2-1-3-10-19/h1-14H. The third kappa shape index (κ3) is 2.48. The maximum atomic E-state index is 13.6. The van der Waals surface area contributed by atoms with Gasteiger partial charge >= 0.3 is 0 Å². The van der Waals surface area contributed by atoms with Gasteiger partial charge < -0.3 is 4.57 Å². The zero-order valence-electron chi connectivity index (χ0n) is 17.7. The summed E-state index contributed by atoms with van der Waals surface area (Å²) < 4.78 is 1.87. The molecule has 6 heteroatoms. The topological polar surface area (TPSA) is 89.9 Å². The molecule has 0 N–H and O–H groups in total. The second kappa shape index (κ2) is 7.16. The van der Waals surface area contributed by atoms with Crippen LogP contribution in [0.5, 0.6) is 0 Å². The number of carbonyl (C=O) groups is 2. The summed E-state index contributed by atoms with van der Waals surface area (Å²) in [7, 11) is 0. The van der Waals surface area contributed by atoms with E-state index in [1.807, 2.05) is 22.8 Å². The van der Waals surface area contributed by atoms with Crippen LogP contribution < -0.4 is 4.90 Å². The molecular weight excluding hydrogens is 424 g/mol. The highest BCUT2D eigenvalue weighted by atomic mass is 16.2. The molecule has 2 amide bonds. The van der Waals surface area contributed by atoms with Crippen LogP contribution in [0, 0.1) is 22.7 Å². The van der Waals surface area contributed by atoms with Gasteiger partial charge in [0.25, 0.3) is 11.8 Å². The van der Waals surface area contributed by atoms with E-state index in [2.05, 4.69) is 12.1 Å². The third-order valence-corrected chi connectivity index (χ3v) is 6.21. The number of imide groups is 1. The Hall–Kier alpha value is -5.20. The zero-order valence-corrected chi connectivity index (χ0v) is 17.7. The van der Waals surface area contributed by atoms with Crippen molar-refractivity contribution in [2.45, 2.75) is 0 Å². The highest BCUT2D eigenvalue weighted by molar-refractivity contribution is 6.35. The smallest absolute Gasteiger partial charge is 0.268 e. The number of hydrogen-bond donors (Lipinski definition) is 0. The summed E-state index contributed by atoms with van der Waals surface area (Å²) in [6.07, 6.45) is 0. The molecule has 4 aromatic carbocycles. The van der Waals surface area contributed by atoms with Crippen LogP contribution in [-0.4, -0.2) is 16.4 Å². The molecule has 0 fully saturated rings. The molecule has 2 heterocycles. The SMILES string of the molecule is N#Cc1cccc2c1c1c(C#N)cccc1n2-c1cccc2c1C(=O)N(c1ccccc1)C2=O. The summed E-state index contributed by atoms with van der Waals surface area (Å²) >= 11 is 0. The van der Waals surface area contributed by atoms with Gasteiger partial charge in [-0.15, -0.1) is 0 Å². The van der Waals surface area contributed by atoms with Gasteiger partial charge in [-0.1, -0.05) is 36.4 Å². The monoisotopic (exact) mass is 438 g/mol. The molecule has 0 unspecified atom stereocenters. The van der Waals surface area contributed by atoms with Crippen LogP contribution in [0.1, 0.15) is 31.8 Å². The molecule has 0 saturated heterocycles. The zero-order chi connectivity index (χ0) is 23.4. The normalized spacial score (nSPS) is 12.7. The third-order valence-electron chi connectivity index (χ3n) is 6.21. The van der Waals surface area contributed by atoms with Crippen LogP contribution in [0.3, 0.4) is 0 Å². The van der Waals surface area contributed by atoms with Crippen LogP contribution in [0.2, 0.25) is 0 Å². The average Bonchev–Trinajstić information content (AvgIpc) is 3.36. The van der Waals surface area contributed by atoms with Gasteiger partial charge in [0.05, 0.1) is 56.8 Å². The van der Waals surface area contributed by atoms with Gasteiger partial charge in [0.1, 0.15) is 0 Å². The van der Waals surface area contributed by atoms with Crippen molar-refractivity contribution in [1.82, 2.24) is 4.57 Å². The van der Waals surface area contributed by atoms with E-state index in [-0.39, 0.29) is 5.91 Å². The van der Waals surface area contributed by atoms with Crippen LogP contribution in [0.25, 0.3) is 27.5 Å². The maximum Gasteiger partial charge on any atom is 0.268 e. The number of nitrogens with zero attached hydrogens (tertiary/aromatic N) is 4. The first-order valence-electron chi connectivity index (χ1n) is 10.6. The lowest BCUT2D eigenvalue weighted by Gasteiger charge is -2.14. The molecule has 34 heavy (non-hydrogen) atoms. The first-order valence-corrected chi connectivity index (χ1v) is 10.6. The minimum atomic E-state index is -0.412. The number of benzene rings is 4. The van der Waals surface area contributed by atoms with Crippen LogP contribution >= 0.6 is 0 Å². The molecule has 1 aliphatic heterocycles. The van der Waals surface area contributed by atoms with Crippen molar-refractivity contribution in [3.63, 3.8) is 0 Å². The predicted molar refractivity (Wildman–Crippen MR) is 128 cm³/mol. The fourth-order valence-electron chi connectivity index (χ4n) is 4.82. The molecule has 6 rings (SSSR count). The number of nitriles is 2. The molecule has 0 saturated carbocycles. The Kier molecular flexibility index (Phi) is 4.10. The Morgan fingerprint density at radius 3 is 1.79 bits per heavy atom. The van der Waals surface area contributed by atoms with Crippen molar-refractivity contribution in [3.05, 3.63) is 107 Å². The molecule has 0 atom stereocenters. The Bertz CT molecular complexity index is 1700. The van der Waals surface area contributed by atoms with E-state index in [0.717, 1.165) is 0 Å². The number of hydrogen-bond acceptors (Lipinski definition) is 4. The number of anilines is 1. The Morgan fingerprint density at radius 1 is 0.618 bits per heavy atom. The first-order chi connectivity index (χ1) is 16.7. The first kappa shape index (κ1) is 19.5. The Balaban J connectivity index is 1.72. The fraction of sp³-hybridized carbons (Fsp3) is 0. The lowest BCUT2D eigenvalue weighted by molar-refractivity contribution is 0.0926. The van der Waals surface area contributed by atoms with Gasteiger partial charge in [-0.2, -0.15) is 10.5 Å². The number of aromatic nitrogens is 1. The maximum absolute atomic E-state index is 13.6. The van der Waals surface area contributed by atoms with E-state index in [0.29, 0.717) is 55.4 Å². The van der Waals surface area contributed by atoms with Gasteiger partial charge in [-0.05, 0) is 48.5 Å². The second-order valence-corrected chi connectivity index (χ2v) is 7.94. The van der Waals surface area contributed by atoms with Crippen LogP contribution in [0.4, 0.5) is 5.69 Å². The van der Waals surface area contributed by atoms with Crippen molar-refractivity contribution < 1.29 is 9.59 Å². The molecule has 0 radical (unpaired) electrons. The molecule has 1 aliphatic rings. The molecule has 158 valence electrons. The van der Waals surface area contributed by atoms with Gasteiger partial charge in [-0.25, -0.2) is 4.90 Å². The Labute approximate surface area is 194 Å². The lowest BCUT2D eigenvalue weighted by atomic mass is 10.0. The van der Waals surface area contributed by atoms with E-state index < -0.39 is 5.91 Å². The number of para-hydroxylation sites is 1. The van der Waals surface area contributed by atoms with Crippen molar-refractivity contribution in [2.24, 2.45) is 0 Å². The molecule has 0 aliphatic carbocycles. The largest absolute Gasteiger partial charge is 0.308 e. The minimum Gasteiger partial charge on any atom is -0.308 e. The molecule has 1 aromatic heterocycles. The number of carbonyl (C=O) groups excluding carboxylic acids is 2. The van der Waals surface area contributed by atoms with Gasteiger partial charge in [-0.3, -0.25) is 9.59 Å². The summed E-state index contributed by atoms with van der Waals surface area (Å²) in [5, 5.41) is 20.9. The van der Waals surface area contributed by atoms with Gasteiger partial charge in [0.15, 0.2) is 0 Å². The van der Waals surface area contributed by atoms with Gasteiger partial charge in [0.2, 0.25) is 0 Å². The Morgan fingerprint density at radius 2 is 1.21 bits per heavy atom. The van der Waals surface area contributed by atoms with Gasteiger partial charge in [0, 0.05) is 10.8 Å². The highest BCUT2D eigenvalue weighted by Gasteiger charge is 2.39. The van der Waals surface area contributed by atoms with Crippen molar-refractivity contribution >= 4 is 39.3 Å². The summed E-state index contributed by atoms with van der Waals surface area (Å²) in [6, 6.07) is 29.1. The molecule has 5 aromatic rings. The molecule has 0 bridgehead atoms.